The molecule has 0 radical (unpaired) electrons. The van der Waals surface area contributed by atoms with Crippen molar-refractivity contribution in [3.8, 4) is 0 Å². The van der Waals surface area contributed by atoms with Crippen LogP contribution in [0.2, 0.25) is 0 Å². The Balaban J connectivity index is 1.74. The maximum absolute atomic E-state index is 4.09. The topological polar surface area (TPSA) is 17.8 Å². The second-order valence-electron chi connectivity index (χ2n) is 5.58. The van der Waals surface area contributed by atoms with Crippen molar-refractivity contribution in [1.82, 2.24) is 9.55 Å². The number of hydrogen-bond donors (Lipinski definition) is 0. The van der Waals surface area contributed by atoms with Gasteiger partial charge in [-0.3, -0.25) is 0 Å². The molecule has 0 atom stereocenters. The zero-order valence-corrected chi connectivity index (χ0v) is 13.2. The Bertz CT molecular complexity index is 962. The summed E-state index contributed by atoms with van der Waals surface area (Å²) in [5, 5.41) is 2.70. The van der Waals surface area contributed by atoms with Crippen LogP contribution in [0.3, 0.4) is 0 Å². The third-order valence-corrected chi connectivity index (χ3v) is 4.96. The highest BCUT2D eigenvalue weighted by Gasteiger charge is 2.04. The molecule has 22 heavy (non-hydrogen) atoms. The predicted molar refractivity (Wildman–Crippen MR) is 95.2 cm³/mol. The largest absolute Gasteiger partial charge is 0.333 e. The van der Waals surface area contributed by atoms with Gasteiger partial charge in [-0.05, 0) is 30.7 Å². The van der Waals surface area contributed by atoms with E-state index in [2.05, 4.69) is 65.0 Å². The molecule has 0 N–H and O–H groups in total. The smallest absolute Gasteiger partial charge is 0.0948 e. The fourth-order valence-electron chi connectivity index (χ4n) is 2.83. The first-order valence-corrected chi connectivity index (χ1v) is 8.15. The Labute approximate surface area is 133 Å². The molecule has 0 aliphatic heterocycles. The number of thiophene rings is 1. The fourth-order valence-corrected chi connectivity index (χ4v) is 3.92. The average molecular weight is 304 g/mol. The minimum absolute atomic E-state index is 0.877. The van der Waals surface area contributed by atoms with Crippen LogP contribution in [0.4, 0.5) is 0 Å². The monoisotopic (exact) mass is 304 g/mol. The summed E-state index contributed by atoms with van der Waals surface area (Å²) in [5.74, 6) is 0. The summed E-state index contributed by atoms with van der Waals surface area (Å²) < 4.78 is 4.80. The van der Waals surface area contributed by atoms with Gasteiger partial charge in [-0.2, -0.15) is 0 Å². The molecule has 2 nitrogen and oxygen atoms in total. The van der Waals surface area contributed by atoms with E-state index in [0.717, 1.165) is 6.54 Å². The maximum Gasteiger partial charge on any atom is 0.0948 e. The van der Waals surface area contributed by atoms with Gasteiger partial charge in [0, 0.05) is 39.1 Å². The van der Waals surface area contributed by atoms with Crippen LogP contribution < -0.4 is 0 Å². The van der Waals surface area contributed by atoms with Crippen molar-refractivity contribution in [2.75, 3.05) is 0 Å². The van der Waals surface area contributed by atoms with E-state index < -0.39 is 0 Å². The summed E-state index contributed by atoms with van der Waals surface area (Å²) >= 11 is 1.86. The number of imidazole rings is 1. The molecular weight excluding hydrogens is 288 g/mol. The molecule has 0 saturated heterocycles. The summed E-state index contributed by atoms with van der Waals surface area (Å²) in [6, 6.07) is 15.4. The quantitative estimate of drug-likeness (QED) is 0.498. The highest BCUT2D eigenvalue weighted by atomic mass is 32.1. The summed E-state index contributed by atoms with van der Waals surface area (Å²) in [5.41, 5.74) is 2.57. The second-order valence-corrected chi connectivity index (χ2v) is 6.66. The van der Waals surface area contributed by atoms with Crippen LogP contribution in [-0.2, 0) is 6.54 Å². The molecule has 0 bridgehead atoms. The van der Waals surface area contributed by atoms with Crippen molar-refractivity contribution in [3.05, 3.63) is 72.3 Å². The predicted octanol–water partition coefficient (Wildman–Crippen LogP) is 5.35. The minimum atomic E-state index is 0.877. The maximum atomic E-state index is 4.09. The molecule has 0 aliphatic rings. The third kappa shape index (κ3) is 2.44. The molecule has 4 rings (SSSR count). The summed E-state index contributed by atoms with van der Waals surface area (Å²) in [6.45, 7) is 3.04. The van der Waals surface area contributed by atoms with Gasteiger partial charge in [0.1, 0.15) is 0 Å². The summed E-state index contributed by atoms with van der Waals surface area (Å²) in [6.07, 6.45) is 7.92. The average Bonchev–Trinajstić information content (AvgIpc) is 3.14. The SMILES string of the molecule is CC(=Cc1ccc2sc3ccccc3c2c1)Cn1ccnc1. The number of rotatable bonds is 3. The standard InChI is InChI=1S/C19H16N2S/c1-14(12-21-9-8-20-13-21)10-15-6-7-19-17(11-15)16-4-2-3-5-18(16)22-19/h2-11,13H,12H2,1H3. The molecule has 2 aromatic heterocycles. The van der Waals surface area contributed by atoms with Crippen LogP contribution in [0.5, 0.6) is 0 Å². The number of allylic oxidation sites excluding steroid dienone is 1. The number of aromatic nitrogens is 2. The molecular formula is C19H16N2S. The lowest BCUT2D eigenvalue weighted by Crippen LogP contribution is -1.95. The Hall–Kier alpha value is -2.39. The minimum Gasteiger partial charge on any atom is -0.333 e. The zero-order chi connectivity index (χ0) is 14.9. The van der Waals surface area contributed by atoms with Crippen LogP contribution in [-0.4, -0.2) is 9.55 Å². The Kier molecular flexibility index (Phi) is 3.28. The molecule has 0 amide bonds. The summed E-state index contributed by atoms with van der Waals surface area (Å²) in [4.78, 5) is 4.09. The van der Waals surface area contributed by atoms with E-state index >= 15 is 0 Å². The van der Waals surface area contributed by atoms with Crippen LogP contribution in [0.15, 0.2) is 66.8 Å². The molecule has 0 fully saturated rings. The lowest BCUT2D eigenvalue weighted by molar-refractivity contribution is 0.786. The normalized spacial score (nSPS) is 12.3. The summed E-state index contributed by atoms with van der Waals surface area (Å²) in [7, 11) is 0. The Morgan fingerprint density at radius 3 is 2.86 bits per heavy atom. The highest BCUT2D eigenvalue weighted by molar-refractivity contribution is 7.25. The highest BCUT2D eigenvalue weighted by Crippen LogP contribution is 2.34. The van der Waals surface area contributed by atoms with Crippen LogP contribution >= 0.6 is 11.3 Å². The van der Waals surface area contributed by atoms with Gasteiger partial charge in [-0.25, -0.2) is 4.98 Å². The molecule has 3 heteroatoms. The van der Waals surface area contributed by atoms with E-state index in [-0.39, 0.29) is 0 Å². The number of nitrogens with zero attached hydrogens (tertiary/aromatic N) is 2. The molecule has 2 aromatic carbocycles. The van der Waals surface area contributed by atoms with Gasteiger partial charge in [0.15, 0.2) is 0 Å². The molecule has 4 aromatic rings. The van der Waals surface area contributed by atoms with Gasteiger partial charge < -0.3 is 4.57 Å². The van der Waals surface area contributed by atoms with Gasteiger partial charge in [-0.15, -0.1) is 11.3 Å². The first-order valence-electron chi connectivity index (χ1n) is 7.34. The van der Waals surface area contributed by atoms with E-state index in [9.17, 15) is 0 Å². The number of fused-ring (bicyclic) bond motifs is 3. The second kappa shape index (κ2) is 5.43. The molecule has 0 spiro atoms. The van der Waals surface area contributed by atoms with Gasteiger partial charge in [-0.1, -0.05) is 35.9 Å². The number of benzene rings is 2. The lowest BCUT2D eigenvalue weighted by Gasteiger charge is -2.03. The molecule has 2 heterocycles. The Morgan fingerprint density at radius 1 is 1.14 bits per heavy atom. The van der Waals surface area contributed by atoms with E-state index in [1.54, 1.807) is 0 Å². The third-order valence-electron chi connectivity index (χ3n) is 3.80. The Morgan fingerprint density at radius 2 is 2.00 bits per heavy atom. The van der Waals surface area contributed by atoms with E-state index in [0.29, 0.717) is 0 Å². The van der Waals surface area contributed by atoms with Crippen LogP contribution in [0.25, 0.3) is 26.2 Å². The van der Waals surface area contributed by atoms with Crippen LogP contribution in [0, 0.1) is 0 Å². The van der Waals surface area contributed by atoms with E-state index in [1.165, 1.54) is 31.3 Å². The first kappa shape index (κ1) is 13.3. The lowest BCUT2D eigenvalue weighted by atomic mass is 10.1. The molecule has 0 saturated carbocycles. The molecule has 108 valence electrons. The fraction of sp³-hybridized carbons (Fsp3) is 0.105. The van der Waals surface area contributed by atoms with Crippen molar-refractivity contribution in [3.63, 3.8) is 0 Å². The first-order chi connectivity index (χ1) is 10.8. The van der Waals surface area contributed by atoms with Crippen molar-refractivity contribution < 1.29 is 0 Å². The van der Waals surface area contributed by atoms with Crippen LogP contribution in [0.1, 0.15) is 12.5 Å². The van der Waals surface area contributed by atoms with Crippen molar-refractivity contribution in [1.29, 1.82) is 0 Å². The zero-order valence-electron chi connectivity index (χ0n) is 12.4. The van der Waals surface area contributed by atoms with Gasteiger partial charge in [0.25, 0.3) is 0 Å². The number of hydrogen-bond acceptors (Lipinski definition) is 2. The molecule has 0 unspecified atom stereocenters. The van der Waals surface area contributed by atoms with Crippen molar-refractivity contribution in [2.45, 2.75) is 13.5 Å². The van der Waals surface area contributed by atoms with E-state index in [4.69, 9.17) is 0 Å². The van der Waals surface area contributed by atoms with Crippen molar-refractivity contribution in [2.24, 2.45) is 0 Å². The molecule has 0 aliphatic carbocycles. The van der Waals surface area contributed by atoms with Crippen molar-refractivity contribution >= 4 is 37.6 Å². The van der Waals surface area contributed by atoms with E-state index in [1.807, 2.05) is 30.1 Å². The van der Waals surface area contributed by atoms with Gasteiger partial charge in [0.2, 0.25) is 0 Å². The van der Waals surface area contributed by atoms with Gasteiger partial charge in [0.05, 0.1) is 6.33 Å². The van der Waals surface area contributed by atoms with Gasteiger partial charge >= 0.3 is 0 Å².